The van der Waals surface area contributed by atoms with Crippen molar-refractivity contribution in [1.82, 2.24) is 10.2 Å². The quantitative estimate of drug-likeness (QED) is 0.416. The predicted octanol–water partition coefficient (Wildman–Crippen LogP) is -1.04. The van der Waals surface area contributed by atoms with Crippen molar-refractivity contribution in [3.63, 3.8) is 0 Å². The van der Waals surface area contributed by atoms with Crippen molar-refractivity contribution in [3.8, 4) is 0 Å². The van der Waals surface area contributed by atoms with Gasteiger partial charge in [-0.25, -0.2) is 4.39 Å². The Labute approximate surface area is 113 Å². The van der Waals surface area contributed by atoms with Gasteiger partial charge in [-0.05, 0) is 5.52 Å². The number of halogens is 1. The zero-order chi connectivity index (χ0) is 6.97. The molecule has 0 spiro atoms. The van der Waals surface area contributed by atoms with Crippen LogP contribution < -0.4 is 51.4 Å². The molecule has 0 bridgehead atoms. The molecule has 1 aromatic carbocycles. The van der Waals surface area contributed by atoms with E-state index in [0.29, 0.717) is 5.52 Å². The van der Waals surface area contributed by atoms with Gasteiger partial charge >= 0.3 is 51.4 Å². The summed E-state index contributed by atoms with van der Waals surface area (Å²) in [5.41, 5.74) is 0.705. The summed E-state index contributed by atoms with van der Waals surface area (Å²) in [6.07, 6.45) is 1.63. The normalized spacial score (nSPS) is 8.75. The predicted molar refractivity (Wildman–Crippen MR) is 41.3 cm³/mol. The molecular formula is C8H7FKN2-. The first-order chi connectivity index (χ1) is 4.86. The molecule has 0 amide bonds. The number of aromatic amines is 1. The van der Waals surface area contributed by atoms with Gasteiger partial charge in [-0.15, -0.1) is 12.1 Å². The van der Waals surface area contributed by atoms with Crippen molar-refractivity contribution in [2.24, 2.45) is 0 Å². The number of benzene rings is 1. The van der Waals surface area contributed by atoms with Gasteiger partial charge in [0.2, 0.25) is 0 Å². The zero-order valence-corrected chi connectivity index (χ0v) is 10.2. The molecule has 0 radical (unpaired) electrons. The third-order valence-corrected chi connectivity index (χ3v) is 1.34. The van der Waals surface area contributed by atoms with Crippen LogP contribution in [0.2, 0.25) is 0 Å². The maximum Gasteiger partial charge on any atom is 1.00 e. The van der Waals surface area contributed by atoms with E-state index in [0.717, 1.165) is 5.39 Å². The van der Waals surface area contributed by atoms with E-state index in [4.69, 9.17) is 0 Å². The van der Waals surface area contributed by atoms with Crippen molar-refractivity contribution >= 4 is 10.9 Å². The smallest absolute Gasteiger partial charge is 0.358 e. The van der Waals surface area contributed by atoms with Crippen molar-refractivity contribution in [1.29, 1.82) is 0 Å². The number of hydrogen-bond acceptors (Lipinski definition) is 1. The second kappa shape index (κ2) is 5.09. The molecule has 1 aromatic heterocycles. The van der Waals surface area contributed by atoms with Crippen molar-refractivity contribution in [3.05, 3.63) is 37.6 Å². The van der Waals surface area contributed by atoms with E-state index in [-0.39, 0.29) is 64.6 Å². The molecule has 0 saturated carbocycles. The van der Waals surface area contributed by atoms with Crippen LogP contribution in [0.4, 0.5) is 4.39 Å². The van der Waals surface area contributed by atoms with Crippen LogP contribution in [0.3, 0.4) is 0 Å². The van der Waals surface area contributed by atoms with Gasteiger partial charge in [-0.2, -0.15) is 11.2 Å². The Hall–Kier alpha value is 0.256. The standard InChI is InChI=1S/C7H4FN2.CH3.K/c8-6-2-1-5-4-9-10-7(5)3-6;;/h1,3-4H,(H,9,10);1H3;/q2*-1;+1. The molecule has 0 aliphatic carbocycles. The molecule has 58 valence electrons. The molecule has 0 atom stereocenters. The Morgan fingerprint density at radius 3 is 3.00 bits per heavy atom. The molecule has 4 heteroatoms. The van der Waals surface area contributed by atoms with Gasteiger partial charge in [0.05, 0.1) is 0 Å². The molecule has 1 heterocycles. The summed E-state index contributed by atoms with van der Waals surface area (Å²) in [6, 6.07) is 5.36. The Morgan fingerprint density at radius 2 is 2.25 bits per heavy atom. The number of nitrogens with zero attached hydrogens (tertiary/aromatic N) is 1. The van der Waals surface area contributed by atoms with Crippen LogP contribution in [0.1, 0.15) is 0 Å². The molecule has 0 fully saturated rings. The fourth-order valence-electron chi connectivity index (χ4n) is 0.851. The van der Waals surface area contributed by atoms with Gasteiger partial charge in [0.1, 0.15) is 0 Å². The largest absolute Gasteiger partial charge is 1.00 e. The van der Waals surface area contributed by atoms with Gasteiger partial charge in [0.25, 0.3) is 0 Å². The second-order valence-corrected chi connectivity index (χ2v) is 2.02. The molecule has 0 aliphatic heterocycles. The molecule has 0 aliphatic rings. The van der Waals surface area contributed by atoms with Gasteiger partial charge in [0.15, 0.2) is 0 Å². The van der Waals surface area contributed by atoms with E-state index < -0.39 is 0 Å². The summed E-state index contributed by atoms with van der Waals surface area (Å²) in [7, 11) is 0. The first-order valence-corrected chi connectivity index (χ1v) is 2.86. The first kappa shape index (κ1) is 12.3. The molecule has 1 N–H and O–H groups in total. The molecule has 0 unspecified atom stereocenters. The van der Waals surface area contributed by atoms with E-state index >= 15 is 0 Å². The fraction of sp³-hybridized carbons (Fsp3) is 0. The van der Waals surface area contributed by atoms with Crippen molar-refractivity contribution in [2.45, 2.75) is 0 Å². The number of nitrogens with one attached hydrogen (secondary N) is 1. The van der Waals surface area contributed by atoms with Crippen molar-refractivity contribution < 1.29 is 55.8 Å². The topological polar surface area (TPSA) is 28.7 Å². The van der Waals surface area contributed by atoms with E-state index in [1.807, 2.05) is 0 Å². The minimum atomic E-state index is -0.364. The summed E-state index contributed by atoms with van der Waals surface area (Å²) in [5, 5.41) is 7.26. The average Bonchev–Trinajstić information content (AvgIpc) is 2.33. The number of fused-ring (bicyclic) bond motifs is 1. The van der Waals surface area contributed by atoms with E-state index in [1.165, 1.54) is 6.07 Å². The van der Waals surface area contributed by atoms with Crippen LogP contribution in [-0.4, -0.2) is 10.2 Å². The maximum absolute atomic E-state index is 12.4. The maximum atomic E-state index is 12.4. The molecule has 12 heavy (non-hydrogen) atoms. The van der Waals surface area contributed by atoms with Crippen LogP contribution in [0.25, 0.3) is 10.9 Å². The molecule has 0 saturated heterocycles. The van der Waals surface area contributed by atoms with Gasteiger partial charge in [-0.3, -0.25) is 0 Å². The Morgan fingerprint density at radius 1 is 1.50 bits per heavy atom. The molecule has 2 rings (SSSR count). The van der Waals surface area contributed by atoms with E-state index in [2.05, 4.69) is 16.3 Å². The molecule has 2 nitrogen and oxygen atoms in total. The Balaban J connectivity index is 0.000000605. The zero-order valence-electron chi connectivity index (χ0n) is 7.06. The van der Waals surface area contributed by atoms with Crippen molar-refractivity contribution in [2.75, 3.05) is 0 Å². The third kappa shape index (κ3) is 2.37. The Bertz CT molecular complexity index is 359. The summed E-state index contributed by atoms with van der Waals surface area (Å²) in [6.45, 7) is 0. The number of rotatable bonds is 0. The summed E-state index contributed by atoms with van der Waals surface area (Å²) >= 11 is 0. The van der Waals surface area contributed by atoms with Gasteiger partial charge in [0, 0.05) is 12.0 Å². The van der Waals surface area contributed by atoms with Gasteiger partial charge in [-0.1, -0.05) is 5.39 Å². The summed E-state index contributed by atoms with van der Waals surface area (Å²) < 4.78 is 12.4. The van der Waals surface area contributed by atoms with E-state index in [9.17, 15) is 4.39 Å². The number of aromatic nitrogens is 2. The molecule has 2 aromatic rings. The number of hydrogen-bond donors (Lipinski definition) is 1. The van der Waals surface area contributed by atoms with Gasteiger partial charge < -0.3 is 12.5 Å². The minimum Gasteiger partial charge on any atom is -0.358 e. The minimum absolute atomic E-state index is 0. The summed E-state index contributed by atoms with van der Waals surface area (Å²) in [5.74, 6) is -0.364. The first-order valence-electron chi connectivity index (χ1n) is 2.86. The SMILES string of the molecule is Fc1[c-]cc2cn[nH]c2c1.[CH3-].[K+]. The monoisotopic (exact) mass is 189 g/mol. The Kier molecular flexibility index (Phi) is 5.20. The molecular weight excluding hydrogens is 182 g/mol. The average molecular weight is 189 g/mol. The van der Waals surface area contributed by atoms with Crippen LogP contribution >= 0.6 is 0 Å². The number of H-pyrrole nitrogens is 1. The van der Waals surface area contributed by atoms with Crippen LogP contribution in [0.15, 0.2) is 18.3 Å². The fourth-order valence-corrected chi connectivity index (χ4v) is 0.851. The van der Waals surface area contributed by atoms with Crippen LogP contribution in [-0.2, 0) is 0 Å². The third-order valence-electron chi connectivity index (χ3n) is 1.34. The van der Waals surface area contributed by atoms with Crippen LogP contribution in [0, 0.1) is 19.3 Å². The van der Waals surface area contributed by atoms with Crippen LogP contribution in [0.5, 0.6) is 0 Å². The second-order valence-electron chi connectivity index (χ2n) is 2.02. The van der Waals surface area contributed by atoms with E-state index in [1.54, 1.807) is 12.3 Å². The summed E-state index contributed by atoms with van der Waals surface area (Å²) in [4.78, 5) is 0.